The molecule has 1 fully saturated rings. The molecule has 122 valence electrons. The van der Waals surface area contributed by atoms with Crippen LogP contribution in [-0.4, -0.2) is 24.0 Å². The molecule has 1 aromatic heterocycles. The molecule has 2 heterocycles. The molecule has 5 heteroatoms. The number of piperidine rings is 1. The summed E-state index contributed by atoms with van der Waals surface area (Å²) < 4.78 is 0. The first-order valence-electron chi connectivity index (χ1n) is 8.24. The van der Waals surface area contributed by atoms with Crippen molar-refractivity contribution in [1.82, 2.24) is 10.3 Å². The zero-order chi connectivity index (χ0) is 16.1. The van der Waals surface area contributed by atoms with Crippen LogP contribution in [0, 0.1) is 12.8 Å². The number of hydrogen-bond acceptors (Lipinski definition) is 4. The summed E-state index contributed by atoms with van der Waals surface area (Å²) in [5.41, 5.74) is 3.24. The zero-order valence-corrected chi connectivity index (χ0v) is 14.3. The maximum absolute atomic E-state index is 12.1. The Kier molecular flexibility index (Phi) is 5.41. The number of rotatable bonds is 5. The number of benzene rings is 1. The number of thiazole rings is 1. The van der Waals surface area contributed by atoms with Gasteiger partial charge in [0.25, 0.3) is 0 Å². The van der Waals surface area contributed by atoms with E-state index in [1.165, 1.54) is 29.7 Å². The zero-order valence-electron chi connectivity index (χ0n) is 13.5. The lowest BCUT2D eigenvalue weighted by Gasteiger charge is -2.21. The quantitative estimate of drug-likeness (QED) is 0.876. The summed E-state index contributed by atoms with van der Waals surface area (Å²) in [4.78, 5) is 16.6. The lowest BCUT2D eigenvalue weighted by Crippen LogP contribution is -2.28. The standard InChI is InChI=1S/C18H23N3OS/c1-13-2-5-15(6-3-13)16-12-23-18(20-16)21-17(22)7-4-14-8-10-19-11-9-14/h2-3,5-6,12,14,19H,4,7-11H2,1H3,(H,20,21,22). The summed E-state index contributed by atoms with van der Waals surface area (Å²) in [5.74, 6) is 0.759. The normalized spacial score (nSPS) is 15.5. The summed E-state index contributed by atoms with van der Waals surface area (Å²) in [6, 6.07) is 8.28. The second-order valence-electron chi connectivity index (χ2n) is 6.18. The number of carbonyl (C=O) groups is 1. The number of aromatic nitrogens is 1. The van der Waals surface area contributed by atoms with E-state index in [0.29, 0.717) is 17.5 Å². The Morgan fingerprint density at radius 3 is 2.78 bits per heavy atom. The molecule has 2 aromatic rings. The molecule has 3 rings (SSSR count). The maximum Gasteiger partial charge on any atom is 0.226 e. The van der Waals surface area contributed by atoms with Gasteiger partial charge < -0.3 is 10.6 Å². The van der Waals surface area contributed by atoms with Crippen LogP contribution in [0.25, 0.3) is 11.3 Å². The molecular formula is C18H23N3OS. The van der Waals surface area contributed by atoms with Gasteiger partial charge in [-0.2, -0.15) is 0 Å². The molecule has 2 N–H and O–H groups in total. The fraction of sp³-hybridized carbons (Fsp3) is 0.444. The second kappa shape index (κ2) is 7.70. The molecule has 4 nitrogen and oxygen atoms in total. The van der Waals surface area contributed by atoms with Gasteiger partial charge in [-0.3, -0.25) is 4.79 Å². The van der Waals surface area contributed by atoms with E-state index in [4.69, 9.17) is 0 Å². The van der Waals surface area contributed by atoms with Crippen LogP contribution in [0.4, 0.5) is 5.13 Å². The van der Waals surface area contributed by atoms with E-state index in [2.05, 4.69) is 46.8 Å². The molecular weight excluding hydrogens is 306 g/mol. The lowest BCUT2D eigenvalue weighted by atomic mass is 9.93. The van der Waals surface area contributed by atoms with Crippen molar-refractivity contribution in [2.45, 2.75) is 32.6 Å². The van der Waals surface area contributed by atoms with Crippen molar-refractivity contribution in [1.29, 1.82) is 0 Å². The number of carbonyl (C=O) groups excluding carboxylic acids is 1. The highest BCUT2D eigenvalue weighted by molar-refractivity contribution is 7.14. The van der Waals surface area contributed by atoms with E-state index in [9.17, 15) is 4.79 Å². The highest BCUT2D eigenvalue weighted by atomic mass is 32.1. The van der Waals surface area contributed by atoms with E-state index >= 15 is 0 Å². The molecule has 0 saturated carbocycles. The van der Waals surface area contributed by atoms with Gasteiger partial charge in [0, 0.05) is 17.4 Å². The summed E-state index contributed by atoms with van der Waals surface area (Å²) in [5, 5.41) is 8.97. The molecule has 1 aliphatic heterocycles. The van der Waals surface area contributed by atoms with Gasteiger partial charge in [-0.25, -0.2) is 4.98 Å². The van der Waals surface area contributed by atoms with Crippen molar-refractivity contribution in [3.8, 4) is 11.3 Å². The smallest absolute Gasteiger partial charge is 0.226 e. The highest BCUT2D eigenvalue weighted by Crippen LogP contribution is 2.25. The minimum Gasteiger partial charge on any atom is -0.317 e. The van der Waals surface area contributed by atoms with Gasteiger partial charge in [-0.1, -0.05) is 29.8 Å². The Labute approximate surface area is 141 Å². The maximum atomic E-state index is 12.1. The number of anilines is 1. The fourth-order valence-electron chi connectivity index (χ4n) is 2.88. The predicted octanol–water partition coefficient (Wildman–Crippen LogP) is 3.84. The molecule has 0 radical (unpaired) electrons. The molecule has 0 atom stereocenters. The molecule has 23 heavy (non-hydrogen) atoms. The third-order valence-corrected chi connectivity index (χ3v) is 5.09. The average Bonchev–Trinajstić information content (AvgIpc) is 3.03. The Bertz CT molecular complexity index is 645. The van der Waals surface area contributed by atoms with Crippen molar-refractivity contribution < 1.29 is 4.79 Å². The first-order valence-corrected chi connectivity index (χ1v) is 9.12. The summed E-state index contributed by atoms with van der Waals surface area (Å²) in [6.07, 6.45) is 3.93. The Morgan fingerprint density at radius 2 is 2.04 bits per heavy atom. The lowest BCUT2D eigenvalue weighted by molar-refractivity contribution is -0.116. The van der Waals surface area contributed by atoms with Crippen LogP contribution in [0.2, 0.25) is 0 Å². The van der Waals surface area contributed by atoms with Crippen LogP contribution in [-0.2, 0) is 4.79 Å². The molecule has 1 aliphatic rings. The van der Waals surface area contributed by atoms with Crippen molar-refractivity contribution in [3.63, 3.8) is 0 Å². The Hall–Kier alpha value is -1.72. The molecule has 0 spiro atoms. The molecule has 0 unspecified atom stereocenters. The number of aryl methyl sites for hydroxylation is 1. The van der Waals surface area contributed by atoms with Crippen molar-refractivity contribution in [2.24, 2.45) is 5.92 Å². The largest absolute Gasteiger partial charge is 0.317 e. The van der Waals surface area contributed by atoms with E-state index < -0.39 is 0 Å². The second-order valence-corrected chi connectivity index (χ2v) is 7.04. The summed E-state index contributed by atoms with van der Waals surface area (Å²) in [6.45, 7) is 4.23. The van der Waals surface area contributed by atoms with Gasteiger partial charge in [0.2, 0.25) is 5.91 Å². The van der Waals surface area contributed by atoms with Crippen LogP contribution in [0.15, 0.2) is 29.6 Å². The third kappa shape index (κ3) is 4.62. The van der Waals surface area contributed by atoms with Crippen molar-refractivity contribution in [3.05, 3.63) is 35.2 Å². The van der Waals surface area contributed by atoms with Crippen LogP contribution in [0.5, 0.6) is 0 Å². The van der Waals surface area contributed by atoms with Crippen molar-refractivity contribution >= 4 is 22.4 Å². The molecule has 1 saturated heterocycles. The molecule has 0 bridgehead atoms. The van der Waals surface area contributed by atoms with Gasteiger partial charge in [-0.15, -0.1) is 11.3 Å². The van der Waals surface area contributed by atoms with Gasteiger partial charge in [0.1, 0.15) is 0 Å². The topological polar surface area (TPSA) is 54.0 Å². The number of amides is 1. The fourth-order valence-corrected chi connectivity index (χ4v) is 3.61. The van der Waals surface area contributed by atoms with Gasteiger partial charge >= 0.3 is 0 Å². The molecule has 1 aromatic carbocycles. The van der Waals surface area contributed by atoms with E-state index in [-0.39, 0.29) is 5.91 Å². The monoisotopic (exact) mass is 329 g/mol. The summed E-state index contributed by atoms with van der Waals surface area (Å²) >= 11 is 1.49. The third-order valence-electron chi connectivity index (χ3n) is 4.34. The number of nitrogens with one attached hydrogen (secondary N) is 2. The van der Waals surface area contributed by atoms with Crippen LogP contribution < -0.4 is 10.6 Å². The minimum atomic E-state index is 0.0772. The predicted molar refractivity (Wildman–Crippen MR) is 95.7 cm³/mol. The number of hydrogen-bond donors (Lipinski definition) is 2. The highest BCUT2D eigenvalue weighted by Gasteiger charge is 2.15. The summed E-state index contributed by atoms with van der Waals surface area (Å²) in [7, 11) is 0. The van der Waals surface area contributed by atoms with Crippen LogP contribution >= 0.6 is 11.3 Å². The first-order chi connectivity index (χ1) is 11.2. The average molecular weight is 329 g/mol. The van der Waals surface area contributed by atoms with E-state index in [0.717, 1.165) is 30.8 Å². The van der Waals surface area contributed by atoms with Gasteiger partial charge in [-0.05, 0) is 45.2 Å². The number of nitrogens with zero attached hydrogens (tertiary/aromatic N) is 1. The van der Waals surface area contributed by atoms with Crippen LogP contribution in [0.1, 0.15) is 31.2 Å². The molecule has 0 aliphatic carbocycles. The Morgan fingerprint density at radius 1 is 1.30 bits per heavy atom. The van der Waals surface area contributed by atoms with E-state index in [1.54, 1.807) is 0 Å². The van der Waals surface area contributed by atoms with Gasteiger partial charge in [0.15, 0.2) is 5.13 Å². The van der Waals surface area contributed by atoms with Gasteiger partial charge in [0.05, 0.1) is 5.69 Å². The Balaban J connectivity index is 1.51. The minimum absolute atomic E-state index is 0.0772. The SMILES string of the molecule is Cc1ccc(-c2csc(NC(=O)CCC3CCNCC3)n2)cc1. The van der Waals surface area contributed by atoms with Crippen LogP contribution in [0.3, 0.4) is 0 Å². The first kappa shape index (κ1) is 16.1. The van der Waals surface area contributed by atoms with Crippen molar-refractivity contribution in [2.75, 3.05) is 18.4 Å². The van der Waals surface area contributed by atoms with E-state index in [1.807, 2.05) is 5.38 Å². The molecule has 1 amide bonds.